The summed E-state index contributed by atoms with van der Waals surface area (Å²) in [6, 6.07) is 0. The fourth-order valence-corrected chi connectivity index (χ4v) is 3.36. The minimum absolute atomic E-state index is 0.173. The summed E-state index contributed by atoms with van der Waals surface area (Å²) in [5, 5.41) is 0. The van der Waals surface area contributed by atoms with Crippen LogP contribution in [0.2, 0.25) is 0 Å². The zero-order valence-corrected chi connectivity index (χ0v) is 22.3. The lowest BCUT2D eigenvalue weighted by Gasteiger charge is -2.43. The molecule has 0 amide bonds. The number of carbonyl (C=O) groups excluding carboxylic acids is 1. The second-order valence-electron chi connectivity index (χ2n) is 10.0. The minimum Gasteiger partial charge on any atom is -0.459 e. The summed E-state index contributed by atoms with van der Waals surface area (Å²) in [6.45, 7) is 2.92. The highest BCUT2D eigenvalue weighted by Gasteiger charge is 2.96. The number of hydrogen-bond donors (Lipinski definition) is 0. The standard InChI is InChI=1S/C22H25F19O2/c1-5-10(3)7-12(8-11(4)6-2)13(42)43-9-14(23,24)15(25,26)16(27,28)17(29,30)18(31,32)19(33,34)20(35,36)21(37,38)22(39,40)41/h10-12H,5-9H2,1-4H3/t10-,11-/m1/s1. The maximum atomic E-state index is 14.1. The summed E-state index contributed by atoms with van der Waals surface area (Å²) in [4.78, 5) is 12.2. The topological polar surface area (TPSA) is 26.3 Å². The maximum absolute atomic E-state index is 14.1. The van der Waals surface area contributed by atoms with E-state index in [-0.39, 0.29) is 24.7 Å². The third-order valence-corrected chi connectivity index (χ3v) is 6.68. The van der Waals surface area contributed by atoms with Gasteiger partial charge in [-0.3, -0.25) is 4.79 Å². The summed E-state index contributed by atoms with van der Waals surface area (Å²) in [6.07, 6.45) is -7.57. The number of rotatable bonds is 16. The van der Waals surface area contributed by atoms with Crippen LogP contribution < -0.4 is 0 Å². The van der Waals surface area contributed by atoms with Crippen LogP contribution in [0.5, 0.6) is 0 Å². The predicted molar refractivity (Wildman–Crippen MR) is 108 cm³/mol. The van der Waals surface area contributed by atoms with Crippen molar-refractivity contribution in [2.75, 3.05) is 6.61 Å². The van der Waals surface area contributed by atoms with Crippen molar-refractivity contribution in [1.82, 2.24) is 0 Å². The van der Waals surface area contributed by atoms with Gasteiger partial charge in [-0.05, 0) is 24.7 Å². The van der Waals surface area contributed by atoms with Crippen LogP contribution in [-0.2, 0) is 9.53 Å². The predicted octanol–water partition coefficient (Wildman–Crippen LogP) is 9.66. The van der Waals surface area contributed by atoms with E-state index >= 15 is 0 Å². The van der Waals surface area contributed by atoms with Gasteiger partial charge in [-0.15, -0.1) is 0 Å². The van der Waals surface area contributed by atoms with Crippen molar-refractivity contribution < 1.29 is 92.9 Å². The lowest BCUT2D eigenvalue weighted by molar-refractivity contribution is -0.469. The van der Waals surface area contributed by atoms with Crippen molar-refractivity contribution in [3.8, 4) is 0 Å². The highest BCUT2D eigenvalue weighted by molar-refractivity contribution is 5.72. The molecule has 0 N–H and O–H groups in total. The van der Waals surface area contributed by atoms with E-state index in [1.165, 1.54) is 13.8 Å². The number of hydrogen-bond acceptors (Lipinski definition) is 2. The number of alkyl halides is 19. The Morgan fingerprint density at radius 3 is 1.07 bits per heavy atom. The molecule has 0 heterocycles. The number of carbonyl (C=O) groups is 1. The molecule has 0 aliphatic rings. The molecule has 0 fully saturated rings. The van der Waals surface area contributed by atoms with Crippen LogP contribution in [0.4, 0.5) is 83.4 Å². The Morgan fingerprint density at radius 2 is 0.791 bits per heavy atom. The van der Waals surface area contributed by atoms with Gasteiger partial charge in [0.15, 0.2) is 6.61 Å². The summed E-state index contributed by atoms with van der Waals surface area (Å²) in [7, 11) is 0. The molecular formula is C22H25F19O2. The van der Waals surface area contributed by atoms with Crippen LogP contribution in [0.3, 0.4) is 0 Å². The average Bonchev–Trinajstić information content (AvgIpc) is 2.84. The van der Waals surface area contributed by atoms with Crippen LogP contribution >= 0.6 is 0 Å². The van der Waals surface area contributed by atoms with Gasteiger partial charge in [-0.1, -0.05) is 40.5 Å². The first kappa shape index (κ1) is 41.1. The monoisotopic (exact) mass is 682 g/mol. The van der Waals surface area contributed by atoms with Crippen molar-refractivity contribution >= 4 is 5.97 Å². The molecule has 2 atom stereocenters. The zero-order valence-electron chi connectivity index (χ0n) is 22.3. The molecule has 0 aromatic heterocycles. The van der Waals surface area contributed by atoms with Crippen LogP contribution in [0, 0.1) is 17.8 Å². The SMILES string of the molecule is CC[C@@H](C)CC(C[C@H](C)CC)C(=O)OCC(F)(F)C(F)(F)C(F)(F)C(F)(F)C(F)(F)C(F)(F)C(F)(F)C(F)(F)C(F)(F)F. The molecule has 0 rings (SSSR count). The van der Waals surface area contributed by atoms with Gasteiger partial charge in [-0.2, -0.15) is 83.4 Å². The van der Waals surface area contributed by atoms with Gasteiger partial charge in [-0.25, -0.2) is 0 Å². The largest absolute Gasteiger partial charge is 0.460 e. The molecule has 0 spiro atoms. The molecule has 43 heavy (non-hydrogen) atoms. The summed E-state index contributed by atoms with van der Waals surface area (Å²) in [5.74, 6) is -71.3. The Morgan fingerprint density at radius 1 is 0.512 bits per heavy atom. The van der Waals surface area contributed by atoms with Gasteiger partial charge in [0, 0.05) is 0 Å². The van der Waals surface area contributed by atoms with Crippen LogP contribution in [0.1, 0.15) is 53.4 Å². The molecule has 0 radical (unpaired) electrons. The third kappa shape index (κ3) is 6.88. The molecule has 0 saturated heterocycles. The summed E-state index contributed by atoms with van der Waals surface area (Å²) in [5.41, 5.74) is 0. The van der Waals surface area contributed by atoms with E-state index in [0.29, 0.717) is 12.8 Å². The van der Waals surface area contributed by atoms with Gasteiger partial charge in [0.2, 0.25) is 0 Å². The van der Waals surface area contributed by atoms with E-state index < -0.39 is 72.1 Å². The van der Waals surface area contributed by atoms with Crippen LogP contribution in [-0.4, -0.2) is 66.1 Å². The Balaban J connectivity index is 6.55. The van der Waals surface area contributed by atoms with E-state index in [1.54, 1.807) is 13.8 Å². The van der Waals surface area contributed by atoms with Gasteiger partial charge in [0.05, 0.1) is 5.92 Å². The molecule has 258 valence electrons. The first-order chi connectivity index (χ1) is 18.7. The van der Waals surface area contributed by atoms with Gasteiger partial charge in [0.1, 0.15) is 0 Å². The molecule has 0 bridgehead atoms. The van der Waals surface area contributed by atoms with Crippen molar-refractivity contribution in [3.05, 3.63) is 0 Å². The van der Waals surface area contributed by atoms with Gasteiger partial charge >= 0.3 is 59.5 Å². The van der Waals surface area contributed by atoms with Crippen molar-refractivity contribution in [2.24, 2.45) is 17.8 Å². The average molecular weight is 682 g/mol. The second kappa shape index (κ2) is 12.5. The van der Waals surface area contributed by atoms with Crippen LogP contribution in [0.25, 0.3) is 0 Å². The summed E-state index contributed by atoms with van der Waals surface area (Å²) < 4.78 is 259. The normalized spacial score (nSPS) is 16.8. The van der Waals surface area contributed by atoms with Gasteiger partial charge in [0.25, 0.3) is 0 Å². The van der Waals surface area contributed by atoms with E-state index in [0.717, 1.165) is 0 Å². The Kier molecular flexibility index (Phi) is 12.0. The smallest absolute Gasteiger partial charge is 0.459 e. The van der Waals surface area contributed by atoms with Crippen LogP contribution in [0.15, 0.2) is 0 Å². The molecule has 0 aliphatic carbocycles. The fraction of sp³-hybridized carbons (Fsp3) is 0.955. The first-order valence-electron chi connectivity index (χ1n) is 11.9. The maximum Gasteiger partial charge on any atom is 0.460 e. The first-order valence-corrected chi connectivity index (χ1v) is 11.9. The van der Waals surface area contributed by atoms with Gasteiger partial charge < -0.3 is 4.74 Å². The van der Waals surface area contributed by atoms with E-state index in [2.05, 4.69) is 4.74 Å². The number of ether oxygens (including phenoxy) is 1. The summed E-state index contributed by atoms with van der Waals surface area (Å²) >= 11 is 0. The van der Waals surface area contributed by atoms with Crippen molar-refractivity contribution in [2.45, 2.75) is 107 Å². The lowest BCUT2D eigenvalue weighted by atomic mass is 9.86. The molecule has 2 nitrogen and oxygen atoms in total. The molecule has 0 aromatic carbocycles. The molecule has 0 unspecified atom stereocenters. The molecular weight excluding hydrogens is 657 g/mol. The Hall–Kier alpha value is -1.86. The molecule has 0 saturated carbocycles. The minimum atomic E-state index is -8.99. The highest BCUT2D eigenvalue weighted by atomic mass is 19.4. The number of esters is 1. The molecule has 0 aliphatic heterocycles. The third-order valence-electron chi connectivity index (χ3n) is 6.68. The Bertz CT molecular complexity index is 929. The van der Waals surface area contributed by atoms with E-state index in [1.807, 2.05) is 0 Å². The zero-order chi connectivity index (χ0) is 35.1. The van der Waals surface area contributed by atoms with Crippen molar-refractivity contribution in [1.29, 1.82) is 0 Å². The quantitative estimate of drug-likeness (QED) is 0.120. The second-order valence-corrected chi connectivity index (χ2v) is 10.0. The lowest BCUT2D eigenvalue weighted by Crippen LogP contribution is -2.76. The number of halogens is 19. The molecule has 21 heteroatoms. The van der Waals surface area contributed by atoms with E-state index in [9.17, 15) is 88.2 Å². The Labute approximate surface area is 231 Å². The molecule has 0 aromatic rings. The van der Waals surface area contributed by atoms with Crippen molar-refractivity contribution in [3.63, 3.8) is 0 Å². The highest BCUT2D eigenvalue weighted by Crippen LogP contribution is 2.65. The fourth-order valence-electron chi connectivity index (χ4n) is 3.36. The van der Waals surface area contributed by atoms with E-state index in [4.69, 9.17) is 0 Å².